The monoisotopic (exact) mass is 218 g/mol. The molecule has 0 aromatic heterocycles. The molecule has 88 valence electrons. The third kappa shape index (κ3) is 7.78. The minimum Gasteiger partial charge on any atom is -0.466 e. The van der Waals surface area contributed by atoms with Gasteiger partial charge in [-0.1, -0.05) is 13.8 Å². The quantitative estimate of drug-likeness (QED) is 0.677. The van der Waals surface area contributed by atoms with Crippen LogP contribution < -0.4 is 0 Å². The van der Waals surface area contributed by atoms with Crippen LogP contribution in [0.25, 0.3) is 0 Å². The molecule has 1 saturated heterocycles. The summed E-state index contributed by atoms with van der Waals surface area (Å²) < 4.78 is 13.6. The Labute approximate surface area is 89.7 Å². The van der Waals surface area contributed by atoms with Crippen molar-refractivity contribution in [3.05, 3.63) is 0 Å². The number of rotatable bonds is 3. The molecule has 1 aliphatic rings. The van der Waals surface area contributed by atoms with Crippen LogP contribution in [-0.2, 0) is 19.0 Å². The molecule has 1 aliphatic heterocycles. The van der Waals surface area contributed by atoms with Crippen molar-refractivity contribution in [1.82, 2.24) is 0 Å². The highest BCUT2D eigenvalue weighted by molar-refractivity contribution is 5.68. The van der Waals surface area contributed by atoms with E-state index in [2.05, 4.69) is 9.47 Å². The Balaban J connectivity index is 0.000000262. The molecule has 0 aliphatic carbocycles. The molecule has 1 heterocycles. The fourth-order valence-corrected chi connectivity index (χ4v) is 0.736. The zero-order chi connectivity index (χ0) is 11.7. The van der Waals surface area contributed by atoms with E-state index in [4.69, 9.17) is 4.74 Å². The van der Waals surface area contributed by atoms with Gasteiger partial charge in [0.15, 0.2) is 0 Å². The summed E-state index contributed by atoms with van der Waals surface area (Å²) in [5.74, 6) is -0.105. The second-order valence-electron chi connectivity index (χ2n) is 3.06. The van der Waals surface area contributed by atoms with Gasteiger partial charge in [0.05, 0.1) is 6.61 Å². The van der Waals surface area contributed by atoms with E-state index in [1.165, 1.54) is 0 Å². The van der Waals surface area contributed by atoms with Gasteiger partial charge in [-0.05, 0) is 13.3 Å². The fourth-order valence-electron chi connectivity index (χ4n) is 0.736. The first-order valence-electron chi connectivity index (χ1n) is 5.09. The summed E-state index contributed by atoms with van der Waals surface area (Å²) in [7, 11) is 0. The minimum absolute atomic E-state index is 0.0486. The van der Waals surface area contributed by atoms with E-state index in [1.807, 2.05) is 6.92 Å². The maximum Gasteiger partial charge on any atom is 0.508 e. The zero-order valence-electron chi connectivity index (χ0n) is 9.45. The van der Waals surface area contributed by atoms with E-state index in [9.17, 15) is 9.59 Å². The highest BCUT2D eigenvalue weighted by Crippen LogP contribution is 2.02. The lowest BCUT2D eigenvalue weighted by molar-refractivity contribution is -0.143. The summed E-state index contributed by atoms with van der Waals surface area (Å²) in [5, 5.41) is 0. The molecule has 1 fully saturated rings. The molecule has 1 atom stereocenters. The van der Waals surface area contributed by atoms with Gasteiger partial charge in [-0.3, -0.25) is 4.79 Å². The molecule has 5 heteroatoms. The number of cyclic esters (lactones) is 2. The predicted molar refractivity (Wildman–Crippen MR) is 53.4 cm³/mol. The lowest BCUT2D eigenvalue weighted by atomic mass is 10.5. The lowest BCUT2D eigenvalue weighted by Gasteiger charge is -1.97. The van der Waals surface area contributed by atoms with Crippen LogP contribution in [0.1, 0.15) is 33.6 Å². The Morgan fingerprint density at radius 2 is 2.20 bits per heavy atom. The molecule has 0 radical (unpaired) electrons. The van der Waals surface area contributed by atoms with Crippen molar-refractivity contribution >= 4 is 12.1 Å². The number of hydrogen-bond donors (Lipinski definition) is 0. The normalized spacial score (nSPS) is 18.3. The Kier molecular flexibility index (Phi) is 7.40. The van der Waals surface area contributed by atoms with Crippen molar-refractivity contribution < 1.29 is 23.8 Å². The molecule has 15 heavy (non-hydrogen) atoms. The number of carbonyl (C=O) groups is 2. The molecule has 0 aromatic rings. The third-order valence-electron chi connectivity index (χ3n) is 1.49. The van der Waals surface area contributed by atoms with Gasteiger partial charge in [0.25, 0.3) is 0 Å². The van der Waals surface area contributed by atoms with E-state index >= 15 is 0 Å². The van der Waals surface area contributed by atoms with Gasteiger partial charge in [0, 0.05) is 6.42 Å². The molecule has 1 rings (SSSR count). The number of ether oxygens (including phenoxy) is 3. The summed E-state index contributed by atoms with van der Waals surface area (Å²) >= 11 is 0. The van der Waals surface area contributed by atoms with Gasteiger partial charge in [-0.15, -0.1) is 0 Å². The third-order valence-corrected chi connectivity index (χ3v) is 1.49. The first-order chi connectivity index (χ1) is 7.10. The van der Waals surface area contributed by atoms with Crippen molar-refractivity contribution in [2.75, 3.05) is 13.2 Å². The van der Waals surface area contributed by atoms with Gasteiger partial charge in [0.1, 0.15) is 12.7 Å². The Hall–Kier alpha value is -1.26. The smallest absolute Gasteiger partial charge is 0.466 e. The standard InChI is InChI=1S/C6H12O2.C4H6O3/c1-3-5-8-6(7)4-2;1-3-2-6-4(5)7-3/h3-5H2,1-2H3;3H,2H2,1H3. The predicted octanol–water partition coefficient (Wildman–Crippen LogP) is 1.89. The van der Waals surface area contributed by atoms with E-state index in [0.717, 1.165) is 6.42 Å². The Morgan fingerprint density at radius 1 is 1.53 bits per heavy atom. The summed E-state index contributed by atoms with van der Waals surface area (Å²) in [6.45, 7) is 6.51. The van der Waals surface area contributed by atoms with Crippen molar-refractivity contribution in [2.45, 2.75) is 39.7 Å². The minimum atomic E-state index is -0.549. The van der Waals surface area contributed by atoms with Crippen LogP contribution >= 0.6 is 0 Å². The van der Waals surface area contributed by atoms with Gasteiger partial charge < -0.3 is 14.2 Å². The van der Waals surface area contributed by atoms with Crippen LogP contribution in [0.3, 0.4) is 0 Å². The first kappa shape index (κ1) is 13.7. The van der Waals surface area contributed by atoms with Crippen molar-refractivity contribution in [3.8, 4) is 0 Å². The molecule has 0 amide bonds. The number of carbonyl (C=O) groups excluding carboxylic acids is 2. The number of esters is 1. The molecular formula is C10H18O5. The molecule has 0 saturated carbocycles. The summed E-state index contributed by atoms with van der Waals surface area (Å²) in [6.07, 6.45) is 0.797. The molecule has 0 aromatic carbocycles. The second kappa shape index (κ2) is 8.08. The van der Waals surface area contributed by atoms with Crippen molar-refractivity contribution in [3.63, 3.8) is 0 Å². The topological polar surface area (TPSA) is 61.8 Å². The largest absolute Gasteiger partial charge is 0.508 e. The fraction of sp³-hybridized carbons (Fsp3) is 0.800. The maximum atomic E-state index is 10.3. The second-order valence-corrected chi connectivity index (χ2v) is 3.06. The molecule has 1 unspecified atom stereocenters. The van der Waals surface area contributed by atoms with E-state index in [-0.39, 0.29) is 12.1 Å². The van der Waals surface area contributed by atoms with Gasteiger partial charge in [-0.2, -0.15) is 0 Å². The Bertz CT molecular complexity index is 202. The van der Waals surface area contributed by atoms with Crippen LogP contribution in [0, 0.1) is 0 Å². The molecule has 0 bridgehead atoms. The maximum absolute atomic E-state index is 10.3. The van der Waals surface area contributed by atoms with Crippen molar-refractivity contribution in [2.24, 2.45) is 0 Å². The summed E-state index contributed by atoms with van der Waals surface area (Å²) in [6, 6.07) is 0. The lowest BCUT2D eigenvalue weighted by Crippen LogP contribution is -2.02. The number of hydrogen-bond acceptors (Lipinski definition) is 5. The first-order valence-corrected chi connectivity index (χ1v) is 5.09. The Morgan fingerprint density at radius 3 is 2.47 bits per heavy atom. The molecular weight excluding hydrogens is 200 g/mol. The van der Waals surface area contributed by atoms with E-state index < -0.39 is 6.16 Å². The zero-order valence-corrected chi connectivity index (χ0v) is 9.45. The molecule has 0 N–H and O–H groups in total. The molecule has 0 spiro atoms. The van der Waals surface area contributed by atoms with Gasteiger partial charge in [-0.25, -0.2) is 4.79 Å². The summed E-state index contributed by atoms with van der Waals surface area (Å²) in [4.78, 5) is 20.4. The van der Waals surface area contributed by atoms with Crippen LogP contribution in [0.15, 0.2) is 0 Å². The van der Waals surface area contributed by atoms with E-state index in [0.29, 0.717) is 19.6 Å². The van der Waals surface area contributed by atoms with Crippen LogP contribution in [0.5, 0.6) is 0 Å². The van der Waals surface area contributed by atoms with Crippen molar-refractivity contribution in [1.29, 1.82) is 0 Å². The van der Waals surface area contributed by atoms with E-state index in [1.54, 1.807) is 13.8 Å². The average Bonchev–Trinajstić information content (AvgIpc) is 2.59. The average molecular weight is 218 g/mol. The highest BCUT2D eigenvalue weighted by Gasteiger charge is 2.19. The SMILES string of the molecule is CC1COC(=O)O1.CCCOC(=O)CC. The van der Waals surface area contributed by atoms with Crippen LogP contribution in [0.2, 0.25) is 0 Å². The summed E-state index contributed by atoms with van der Waals surface area (Å²) in [5.41, 5.74) is 0. The van der Waals surface area contributed by atoms with Crippen LogP contribution in [0.4, 0.5) is 4.79 Å². The van der Waals surface area contributed by atoms with Crippen LogP contribution in [-0.4, -0.2) is 31.4 Å². The molecule has 5 nitrogen and oxygen atoms in total. The van der Waals surface area contributed by atoms with Gasteiger partial charge >= 0.3 is 12.1 Å². The van der Waals surface area contributed by atoms with Gasteiger partial charge in [0.2, 0.25) is 0 Å². The highest BCUT2D eigenvalue weighted by atomic mass is 16.8.